The van der Waals surface area contributed by atoms with E-state index in [0.717, 1.165) is 12.4 Å². The summed E-state index contributed by atoms with van der Waals surface area (Å²) in [6.07, 6.45) is 2.12. The van der Waals surface area contributed by atoms with E-state index in [-0.39, 0.29) is 11.1 Å². The quantitative estimate of drug-likeness (QED) is 0.507. The fraction of sp³-hybridized carbons (Fsp3) is 0. The zero-order valence-corrected chi connectivity index (χ0v) is 12.2. The van der Waals surface area contributed by atoms with Gasteiger partial charge in [-0.05, 0) is 12.1 Å². The molecule has 2 aromatic rings. The van der Waals surface area contributed by atoms with E-state index in [1.54, 1.807) is 12.1 Å². The molecule has 0 fully saturated rings. The van der Waals surface area contributed by atoms with Crippen LogP contribution in [0.3, 0.4) is 0 Å². The lowest BCUT2D eigenvalue weighted by Gasteiger charge is -1.99. The topological polar surface area (TPSA) is 82.9 Å². The lowest BCUT2D eigenvalue weighted by molar-refractivity contribution is -0.139. The van der Waals surface area contributed by atoms with E-state index < -0.39 is 23.4 Å². The first kappa shape index (κ1) is 16.9. The fourth-order valence-corrected chi connectivity index (χ4v) is 1.58. The standard InChI is InChI=1S/C16H12F2N4O2/c17-13-7-3-1-5-11(13)9-19-21-15(23)16(24)22-20-10-12-6-2-4-8-14(12)18/h1-10H,(H,21,23)(H,22,24)/b19-9+,20-10+. The van der Waals surface area contributed by atoms with Crippen molar-refractivity contribution in [2.45, 2.75) is 0 Å². The molecular weight excluding hydrogens is 318 g/mol. The molecule has 0 saturated carbocycles. The van der Waals surface area contributed by atoms with Crippen LogP contribution in [0.25, 0.3) is 0 Å². The van der Waals surface area contributed by atoms with Crippen LogP contribution < -0.4 is 10.9 Å². The van der Waals surface area contributed by atoms with Gasteiger partial charge in [-0.2, -0.15) is 10.2 Å². The lowest BCUT2D eigenvalue weighted by Crippen LogP contribution is -2.35. The number of hydrogen-bond acceptors (Lipinski definition) is 4. The van der Waals surface area contributed by atoms with Gasteiger partial charge in [0, 0.05) is 11.1 Å². The molecule has 0 saturated heterocycles. The van der Waals surface area contributed by atoms with Gasteiger partial charge < -0.3 is 0 Å². The normalized spacial score (nSPS) is 10.9. The first-order chi connectivity index (χ1) is 11.6. The van der Waals surface area contributed by atoms with Crippen molar-refractivity contribution in [2.24, 2.45) is 10.2 Å². The molecule has 2 rings (SSSR count). The molecule has 24 heavy (non-hydrogen) atoms. The van der Waals surface area contributed by atoms with Crippen molar-refractivity contribution < 1.29 is 18.4 Å². The summed E-state index contributed by atoms with van der Waals surface area (Å²) in [7, 11) is 0. The SMILES string of the molecule is O=C(N/N=C/c1ccccc1F)C(=O)N/N=C/c1ccccc1F. The van der Waals surface area contributed by atoms with Crippen molar-refractivity contribution in [2.75, 3.05) is 0 Å². The van der Waals surface area contributed by atoms with Crippen LogP contribution in [-0.2, 0) is 9.59 Å². The Bertz CT molecular complexity index is 739. The van der Waals surface area contributed by atoms with Crippen LogP contribution in [0.15, 0.2) is 58.7 Å². The van der Waals surface area contributed by atoms with Gasteiger partial charge in [0.15, 0.2) is 0 Å². The van der Waals surface area contributed by atoms with Gasteiger partial charge in [-0.25, -0.2) is 19.6 Å². The summed E-state index contributed by atoms with van der Waals surface area (Å²) in [5.41, 5.74) is 4.14. The second kappa shape index (κ2) is 8.28. The molecule has 0 aromatic heterocycles. The number of nitrogens with zero attached hydrogens (tertiary/aromatic N) is 2. The van der Waals surface area contributed by atoms with Crippen molar-refractivity contribution in [3.63, 3.8) is 0 Å². The minimum atomic E-state index is -1.10. The first-order valence-electron chi connectivity index (χ1n) is 6.73. The molecule has 0 unspecified atom stereocenters. The van der Waals surface area contributed by atoms with Crippen LogP contribution in [0.2, 0.25) is 0 Å². The Balaban J connectivity index is 1.85. The monoisotopic (exact) mass is 330 g/mol. The number of halogens is 2. The third-order valence-electron chi connectivity index (χ3n) is 2.76. The summed E-state index contributed by atoms with van der Waals surface area (Å²) in [4.78, 5) is 22.9. The Labute approximate surface area is 135 Å². The highest BCUT2D eigenvalue weighted by Crippen LogP contribution is 2.03. The van der Waals surface area contributed by atoms with Crippen LogP contribution in [0.4, 0.5) is 8.78 Å². The number of hydrogen-bond donors (Lipinski definition) is 2. The smallest absolute Gasteiger partial charge is 0.262 e. The number of rotatable bonds is 4. The largest absolute Gasteiger partial charge is 0.331 e. The first-order valence-corrected chi connectivity index (χ1v) is 6.73. The maximum absolute atomic E-state index is 13.3. The van der Waals surface area contributed by atoms with Crippen molar-refractivity contribution in [3.05, 3.63) is 71.3 Å². The molecule has 2 aromatic carbocycles. The van der Waals surface area contributed by atoms with Crippen LogP contribution in [0, 0.1) is 11.6 Å². The van der Waals surface area contributed by atoms with E-state index in [1.807, 2.05) is 10.9 Å². The Morgan fingerprint density at radius 2 is 1.12 bits per heavy atom. The number of carbonyl (C=O) groups excluding carboxylic acids is 2. The predicted octanol–water partition coefficient (Wildman–Crippen LogP) is 1.57. The highest BCUT2D eigenvalue weighted by atomic mass is 19.1. The summed E-state index contributed by atoms with van der Waals surface area (Å²) < 4.78 is 26.6. The predicted molar refractivity (Wildman–Crippen MR) is 84.3 cm³/mol. The number of amides is 2. The number of nitrogens with one attached hydrogen (secondary N) is 2. The minimum Gasteiger partial charge on any atom is -0.262 e. The molecule has 0 aliphatic rings. The van der Waals surface area contributed by atoms with Gasteiger partial charge in [0.1, 0.15) is 11.6 Å². The Morgan fingerprint density at radius 3 is 1.50 bits per heavy atom. The number of hydrazone groups is 2. The molecule has 8 heteroatoms. The van der Waals surface area contributed by atoms with E-state index in [0.29, 0.717) is 0 Å². The van der Waals surface area contributed by atoms with E-state index in [9.17, 15) is 18.4 Å². The summed E-state index contributed by atoms with van der Waals surface area (Å²) in [6, 6.07) is 11.6. The molecule has 0 aliphatic heterocycles. The summed E-state index contributed by atoms with van der Waals surface area (Å²) in [5, 5.41) is 6.93. The molecule has 0 bridgehead atoms. The van der Waals surface area contributed by atoms with Crippen molar-refractivity contribution in [1.82, 2.24) is 10.9 Å². The molecule has 0 radical (unpaired) electrons. The molecular formula is C16H12F2N4O2. The minimum absolute atomic E-state index is 0.149. The van der Waals surface area contributed by atoms with Crippen molar-refractivity contribution in [1.29, 1.82) is 0 Å². The van der Waals surface area contributed by atoms with Crippen molar-refractivity contribution in [3.8, 4) is 0 Å². The average molecular weight is 330 g/mol. The van der Waals surface area contributed by atoms with Crippen LogP contribution >= 0.6 is 0 Å². The summed E-state index contributed by atoms with van der Waals surface area (Å²) in [5.74, 6) is -3.24. The third kappa shape index (κ3) is 4.80. The number of benzene rings is 2. The van der Waals surface area contributed by atoms with Gasteiger partial charge in [-0.3, -0.25) is 9.59 Å². The highest BCUT2D eigenvalue weighted by Gasteiger charge is 2.11. The molecule has 122 valence electrons. The van der Waals surface area contributed by atoms with Crippen LogP contribution in [0.1, 0.15) is 11.1 Å². The molecule has 0 spiro atoms. The average Bonchev–Trinajstić information content (AvgIpc) is 2.58. The Morgan fingerprint density at radius 1 is 0.750 bits per heavy atom. The van der Waals surface area contributed by atoms with Gasteiger partial charge in [0.2, 0.25) is 0 Å². The molecule has 0 atom stereocenters. The third-order valence-corrected chi connectivity index (χ3v) is 2.76. The second-order valence-corrected chi connectivity index (χ2v) is 4.44. The zero-order valence-electron chi connectivity index (χ0n) is 12.2. The van der Waals surface area contributed by atoms with Gasteiger partial charge in [-0.15, -0.1) is 0 Å². The molecule has 2 amide bonds. The van der Waals surface area contributed by atoms with Crippen molar-refractivity contribution >= 4 is 24.2 Å². The summed E-state index contributed by atoms with van der Waals surface area (Å²) >= 11 is 0. The van der Waals surface area contributed by atoms with Crippen LogP contribution in [-0.4, -0.2) is 24.2 Å². The van der Waals surface area contributed by atoms with E-state index in [1.165, 1.54) is 36.4 Å². The lowest BCUT2D eigenvalue weighted by atomic mass is 10.2. The Kier molecular flexibility index (Phi) is 5.84. The summed E-state index contributed by atoms with van der Waals surface area (Å²) in [6.45, 7) is 0. The van der Waals surface area contributed by atoms with Gasteiger partial charge in [-0.1, -0.05) is 36.4 Å². The maximum atomic E-state index is 13.3. The fourth-order valence-electron chi connectivity index (χ4n) is 1.58. The van der Waals surface area contributed by atoms with Gasteiger partial charge in [0.25, 0.3) is 0 Å². The highest BCUT2D eigenvalue weighted by molar-refractivity contribution is 6.35. The van der Waals surface area contributed by atoms with Gasteiger partial charge in [0.05, 0.1) is 12.4 Å². The molecule has 2 N–H and O–H groups in total. The van der Waals surface area contributed by atoms with E-state index in [2.05, 4.69) is 10.2 Å². The second-order valence-electron chi connectivity index (χ2n) is 4.44. The molecule has 0 heterocycles. The maximum Gasteiger partial charge on any atom is 0.331 e. The molecule has 0 aliphatic carbocycles. The zero-order chi connectivity index (χ0) is 17.4. The molecule has 6 nitrogen and oxygen atoms in total. The Hall–Kier alpha value is -3.42. The van der Waals surface area contributed by atoms with E-state index in [4.69, 9.17) is 0 Å². The van der Waals surface area contributed by atoms with Gasteiger partial charge >= 0.3 is 11.8 Å². The van der Waals surface area contributed by atoms with E-state index >= 15 is 0 Å². The number of carbonyl (C=O) groups is 2. The van der Waals surface area contributed by atoms with Crippen LogP contribution in [0.5, 0.6) is 0 Å².